The van der Waals surface area contributed by atoms with Gasteiger partial charge in [0.15, 0.2) is 5.13 Å². The van der Waals surface area contributed by atoms with Crippen molar-refractivity contribution in [3.63, 3.8) is 0 Å². The zero-order valence-electron chi connectivity index (χ0n) is 18.3. The van der Waals surface area contributed by atoms with E-state index in [0.29, 0.717) is 23.8 Å². The van der Waals surface area contributed by atoms with Crippen molar-refractivity contribution >= 4 is 44.4 Å². The summed E-state index contributed by atoms with van der Waals surface area (Å²) in [6.07, 6.45) is 3.18. The fraction of sp³-hybridized carbons (Fsp3) is 0.417. The summed E-state index contributed by atoms with van der Waals surface area (Å²) in [6, 6.07) is 10.4. The van der Waals surface area contributed by atoms with Crippen LogP contribution in [0.4, 0.5) is 9.52 Å². The SMILES string of the molecule is COc1ccc(C)c2sc(N(CC3CCCO3)C(=O)CCCSc3ccc(F)cc3)nc12. The number of aryl methyl sites for hydroxylation is 1. The number of carbonyl (C=O) groups is 1. The largest absolute Gasteiger partial charge is 0.494 e. The zero-order valence-corrected chi connectivity index (χ0v) is 19.9. The van der Waals surface area contributed by atoms with Crippen LogP contribution in [0.1, 0.15) is 31.2 Å². The van der Waals surface area contributed by atoms with Crippen LogP contribution in [0.2, 0.25) is 0 Å². The lowest BCUT2D eigenvalue weighted by Crippen LogP contribution is -2.37. The predicted octanol–water partition coefficient (Wildman–Crippen LogP) is 5.84. The molecule has 5 nitrogen and oxygen atoms in total. The van der Waals surface area contributed by atoms with Crippen LogP contribution in [0.25, 0.3) is 10.2 Å². The number of nitrogens with zero attached hydrogens (tertiary/aromatic N) is 2. The molecule has 1 fully saturated rings. The van der Waals surface area contributed by atoms with Gasteiger partial charge in [0.05, 0.1) is 24.5 Å². The Morgan fingerprint density at radius 1 is 1.31 bits per heavy atom. The molecule has 3 aromatic rings. The first kappa shape index (κ1) is 23.0. The Kier molecular flexibility index (Phi) is 7.65. The van der Waals surface area contributed by atoms with Crippen molar-refractivity contribution in [3.8, 4) is 5.75 Å². The van der Waals surface area contributed by atoms with Gasteiger partial charge < -0.3 is 9.47 Å². The van der Waals surface area contributed by atoms with Gasteiger partial charge in [-0.1, -0.05) is 17.4 Å². The van der Waals surface area contributed by atoms with Crippen molar-refractivity contribution in [2.75, 3.05) is 30.9 Å². The fourth-order valence-electron chi connectivity index (χ4n) is 3.74. The van der Waals surface area contributed by atoms with Gasteiger partial charge in [0.2, 0.25) is 5.91 Å². The third-order valence-electron chi connectivity index (χ3n) is 5.47. The quantitative estimate of drug-likeness (QED) is 0.288. The summed E-state index contributed by atoms with van der Waals surface area (Å²) in [5, 5.41) is 0.694. The van der Waals surface area contributed by atoms with E-state index < -0.39 is 0 Å². The highest BCUT2D eigenvalue weighted by Crippen LogP contribution is 2.37. The maximum absolute atomic E-state index is 13.3. The summed E-state index contributed by atoms with van der Waals surface area (Å²) < 4.78 is 25.4. The highest BCUT2D eigenvalue weighted by atomic mass is 32.2. The number of rotatable bonds is 9. The van der Waals surface area contributed by atoms with Crippen LogP contribution in [0.3, 0.4) is 0 Å². The topological polar surface area (TPSA) is 51.7 Å². The van der Waals surface area contributed by atoms with E-state index in [1.54, 1.807) is 35.9 Å². The van der Waals surface area contributed by atoms with Crippen LogP contribution in [0.5, 0.6) is 5.75 Å². The van der Waals surface area contributed by atoms with Crippen molar-refractivity contribution in [1.82, 2.24) is 4.98 Å². The monoisotopic (exact) mass is 474 g/mol. The van der Waals surface area contributed by atoms with Gasteiger partial charge in [-0.15, -0.1) is 11.8 Å². The van der Waals surface area contributed by atoms with Gasteiger partial charge in [-0.25, -0.2) is 9.37 Å². The average Bonchev–Trinajstić information content (AvgIpc) is 3.47. The highest BCUT2D eigenvalue weighted by molar-refractivity contribution is 7.99. The minimum Gasteiger partial charge on any atom is -0.494 e. The van der Waals surface area contributed by atoms with E-state index in [9.17, 15) is 9.18 Å². The van der Waals surface area contributed by atoms with E-state index >= 15 is 0 Å². The minimum atomic E-state index is -0.239. The van der Waals surface area contributed by atoms with Crippen LogP contribution in [-0.2, 0) is 9.53 Å². The van der Waals surface area contributed by atoms with Gasteiger partial charge in [-0.05, 0) is 67.8 Å². The smallest absolute Gasteiger partial charge is 0.228 e. The number of benzene rings is 2. The first-order valence-corrected chi connectivity index (χ1v) is 12.6. The lowest BCUT2D eigenvalue weighted by atomic mass is 10.2. The van der Waals surface area contributed by atoms with Gasteiger partial charge in [0.25, 0.3) is 0 Å². The minimum absolute atomic E-state index is 0.0440. The van der Waals surface area contributed by atoms with E-state index in [1.807, 2.05) is 19.1 Å². The van der Waals surface area contributed by atoms with Crippen LogP contribution < -0.4 is 9.64 Å². The standard InChI is InChI=1S/C24H27FN2O3S2/c1-16-7-12-20(29-2)22-23(16)32-24(26-22)27(15-18-5-3-13-30-18)21(28)6-4-14-31-19-10-8-17(25)9-11-19/h7-12,18H,3-6,13-15H2,1-2H3. The molecule has 0 spiro atoms. The Balaban J connectivity index is 1.47. The van der Waals surface area contributed by atoms with Crippen LogP contribution >= 0.6 is 23.1 Å². The molecule has 32 heavy (non-hydrogen) atoms. The molecule has 4 rings (SSSR count). The first-order chi connectivity index (χ1) is 15.5. The fourth-order valence-corrected chi connectivity index (χ4v) is 5.67. The third-order valence-corrected chi connectivity index (χ3v) is 7.78. The molecule has 1 atom stereocenters. The molecule has 1 amide bonds. The molecular formula is C24H27FN2O3S2. The Hall–Kier alpha value is -2.16. The molecule has 2 aromatic carbocycles. The van der Waals surface area contributed by atoms with E-state index in [2.05, 4.69) is 0 Å². The summed E-state index contributed by atoms with van der Waals surface area (Å²) in [5.41, 5.74) is 1.91. The van der Waals surface area contributed by atoms with Gasteiger partial charge in [0, 0.05) is 17.9 Å². The van der Waals surface area contributed by atoms with E-state index in [1.165, 1.54) is 23.5 Å². The summed E-state index contributed by atoms with van der Waals surface area (Å²) in [4.78, 5) is 20.8. The van der Waals surface area contributed by atoms with Crippen molar-refractivity contribution in [3.05, 3.63) is 47.8 Å². The number of halogens is 1. The lowest BCUT2D eigenvalue weighted by Gasteiger charge is -2.23. The second-order valence-corrected chi connectivity index (χ2v) is 9.95. The molecule has 0 bridgehead atoms. The number of carbonyl (C=O) groups excluding carboxylic acids is 1. The number of methoxy groups -OCH3 is 1. The summed E-state index contributed by atoms with van der Waals surface area (Å²) in [7, 11) is 1.64. The summed E-state index contributed by atoms with van der Waals surface area (Å²) in [6.45, 7) is 3.31. The Morgan fingerprint density at radius 2 is 2.12 bits per heavy atom. The molecule has 0 radical (unpaired) electrons. The van der Waals surface area contributed by atoms with Crippen LogP contribution in [-0.4, -0.2) is 43.0 Å². The second kappa shape index (κ2) is 10.6. The molecule has 8 heteroatoms. The molecule has 0 saturated carbocycles. The first-order valence-electron chi connectivity index (χ1n) is 10.8. The molecular weight excluding hydrogens is 447 g/mol. The Morgan fingerprint density at radius 3 is 2.84 bits per heavy atom. The Labute approximate surface area is 195 Å². The molecule has 1 saturated heterocycles. The molecule has 1 unspecified atom stereocenters. The molecule has 170 valence electrons. The average molecular weight is 475 g/mol. The molecule has 0 aliphatic carbocycles. The maximum atomic E-state index is 13.3. The van der Waals surface area contributed by atoms with Crippen molar-refractivity contribution < 1.29 is 18.7 Å². The number of hydrogen-bond donors (Lipinski definition) is 0. The predicted molar refractivity (Wildman–Crippen MR) is 129 cm³/mol. The van der Waals surface area contributed by atoms with Crippen LogP contribution in [0, 0.1) is 12.7 Å². The number of ether oxygens (including phenoxy) is 2. The summed E-state index contributed by atoms with van der Waals surface area (Å²) >= 11 is 3.16. The number of thioether (sulfide) groups is 1. The van der Waals surface area contributed by atoms with E-state index in [4.69, 9.17) is 14.5 Å². The normalized spacial score (nSPS) is 15.9. The van der Waals surface area contributed by atoms with Crippen molar-refractivity contribution in [1.29, 1.82) is 0 Å². The molecule has 2 heterocycles. The number of thiazole rings is 1. The maximum Gasteiger partial charge on any atom is 0.228 e. The number of hydrogen-bond acceptors (Lipinski definition) is 6. The lowest BCUT2D eigenvalue weighted by molar-refractivity contribution is -0.119. The van der Waals surface area contributed by atoms with Gasteiger partial charge in [-0.2, -0.15) is 0 Å². The third kappa shape index (κ3) is 5.42. The number of fused-ring (bicyclic) bond motifs is 1. The number of amides is 1. The van der Waals surface area contributed by atoms with Gasteiger partial charge >= 0.3 is 0 Å². The Bertz CT molecular complexity index is 1070. The number of anilines is 1. The zero-order chi connectivity index (χ0) is 22.5. The van der Waals surface area contributed by atoms with Gasteiger partial charge in [-0.3, -0.25) is 9.69 Å². The summed E-state index contributed by atoms with van der Waals surface area (Å²) in [5.74, 6) is 1.32. The van der Waals surface area contributed by atoms with Crippen LogP contribution in [0.15, 0.2) is 41.3 Å². The molecule has 1 aromatic heterocycles. The van der Waals surface area contributed by atoms with E-state index in [0.717, 1.165) is 52.3 Å². The molecule has 1 aliphatic heterocycles. The number of aromatic nitrogens is 1. The van der Waals surface area contributed by atoms with Gasteiger partial charge in [0.1, 0.15) is 17.1 Å². The molecule has 1 aliphatic rings. The second-order valence-electron chi connectivity index (χ2n) is 7.80. The van der Waals surface area contributed by atoms with Crippen molar-refractivity contribution in [2.45, 2.75) is 43.6 Å². The van der Waals surface area contributed by atoms with E-state index in [-0.39, 0.29) is 17.8 Å². The molecule has 0 N–H and O–H groups in total. The highest BCUT2D eigenvalue weighted by Gasteiger charge is 2.26. The van der Waals surface area contributed by atoms with Crippen molar-refractivity contribution in [2.24, 2.45) is 0 Å².